The summed E-state index contributed by atoms with van der Waals surface area (Å²) in [4.78, 5) is 11.6. The number of aliphatic hydroxyl groups is 1. The monoisotopic (exact) mass is 322 g/mol. The zero-order valence-corrected chi connectivity index (χ0v) is 12.2. The van der Waals surface area contributed by atoms with Gasteiger partial charge in [-0.1, -0.05) is 6.92 Å². The van der Waals surface area contributed by atoms with Crippen LogP contribution in [0, 0.1) is 5.92 Å². The molecule has 8 heteroatoms. The van der Waals surface area contributed by atoms with Crippen molar-refractivity contribution in [2.75, 3.05) is 29.2 Å². The summed E-state index contributed by atoms with van der Waals surface area (Å²) in [5.74, 6) is 0.493. The summed E-state index contributed by atoms with van der Waals surface area (Å²) in [7, 11) is 0. The Hall–Kier alpha value is -1.41. The van der Waals surface area contributed by atoms with Gasteiger partial charge in [0.05, 0.1) is 22.7 Å². The van der Waals surface area contributed by atoms with Gasteiger partial charge in [0.2, 0.25) is 5.91 Å². The van der Waals surface area contributed by atoms with E-state index in [0.717, 1.165) is 18.2 Å². The van der Waals surface area contributed by atoms with Crippen molar-refractivity contribution in [3.63, 3.8) is 0 Å². The molecule has 0 heterocycles. The minimum atomic E-state index is -4.47. The summed E-state index contributed by atoms with van der Waals surface area (Å²) in [5, 5.41) is 11.3. The lowest BCUT2D eigenvalue weighted by Gasteiger charge is -2.12. The lowest BCUT2D eigenvalue weighted by molar-refractivity contribution is -0.137. The minimum absolute atomic E-state index is 0.0421. The third-order valence-electron chi connectivity index (χ3n) is 2.60. The molecule has 1 rings (SSSR count). The molecule has 1 aromatic carbocycles. The molecular weight excluding hydrogens is 305 g/mol. The molecule has 4 nitrogen and oxygen atoms in total. The molecule has 1 aromatic rings. The van der Waals surface area contributed by atoms with E-state index >= 15 is 0 Å². The number of benzene rings is 1. The molecule has 0 spiro atoms. The molecule has 0 radical (unpaired) electrons. The Bertz CT molecular complexity index is 495. The van der Waals surface area contributed by atoms with E-state index in [0.29, 0.717) is 5.75 Å². The molecule has 0 saturated heterocycles. The highest BCUT2D eigenvalue weighted by molar-refractivity contribution is 7.99. The van der Waals surface area contributed by atoms with Crippen LogP contribution in [0.2, 0.25) is 0 Å². The van der Waals surface area contributed by atoms with Gasteiger partial charge >= 0.3 is 6.18 Å². The number of nitrogens with two attached hydrogens (primary N) is 1. The van der Waals surface area contributed by atoms with E-state index in [2.05, 4.69) is 5.32 Å². The molecule has 21 heavy (non-hydrogen) atoms. The molecule has 1 amide bonds. The van der Waals surface area contributed by atoms with Crippen LogP contribution in [0.1, 0.15) is 12.5 Å². The fraction of sp³-hybridized carbons (Fsp3) is 0.462. The quantitative estimate of drug-likeness (QED) is 0.704. The van der Waals surface area contributed by atoms with Gasteiger partial charge in [-0.3, -0.25) is 4.79 Å². The van der Waals surface area contributed by atoms with E-state index in [1.54, 1.807) is 0 Å². The molecule has 1 unspecified atom stereocenters. The zero-order chi connectivity index (χ0) is 16.0. The normalized spacial score (nSPS) is 13.0. The summed E-state index contributed by atoms with van der Waals surface area (Å²) < 4.78 is 37.4. The molecular formula is C13H17F3N2O2S. The number of anilines is 2. The number of nitrogen functional groups attached to an aromatic ring is 1. The van der Waals surface area contributed by atoms with Gasteiger partial charge in [0.25, 0.3) is 0 Å². The van der Waals surface area contributed by atoms with Crippen LogP contribution in [0.5, 0.6) is 0 Å². The third-order valence-corrected chi connectivity index (χ3v) is 3.87. The summed E-state index contributed by atoms with van der Waals surface area (Å²) in [6.07, 6.45) is -4.47. The lowest BCUT2D eigenvalue weighted by atomic mass is 10.1. The molecule has 0 bridgehead atoms. The van der Waals surface area contributed by atoms with Crippen LogP contribution in [-0.2, 0) is 11.0 Å². The van der Waals surface area contributed by atoms with Gasteiger partial charge in [-0.05, 0) is 29.9 Å². The van der Waals surface area contributed by atoms with Crippen molar-refractivity contribution in [3.05, 3.63) is 23.8 Å². The predicted octanol–water partition coefficient (Wildman–Crippen LogP) is 2.59. The molecule has 0 aliphatic heterocycles. The van der Waals surface area contributed by atoms with Crippen molar-refractivity contribution < 1.29 is 23.1 Å². The van der Waals surface area contributed by atoms with Crippen LogP contribution < -0.4 is 11.1 Å². The number of nitrogens with one attached hydrogen (secondary N) is 1. The van der Waals surface area contributed by atoms with E-state index in [1.807, 2.05) is 6.92 Å². The standard InChI is InChI=1S/C13H17F3N2O2S/c1-8(5-19)6-21-7-12(20)18-11-3-2-9(4-10(11)17)13(14,15)16/h2-4,8,19H,5-7,17H2,1H3,(H,18,20). The van der Waals surface area contributed by atoms with Gasteiger partial charge in [-0.25, -0.2) is 0 Å². The summed E-state index contributed by atoms with van der Waals surface area (Å²) >= 11 is 1.33. The number of rotatable bonds is 6. The van der Waals surface area contributed by atoms with E-state index in [4.69, 9.17) is 10.8 Å². The maximum Gasteiger partial charge on any atom is 0.416 e. The predicted molar refractivity (Wildman–Crippen MR) is 78.1 cm³/mol. The summed E-state index contributed by atoms with van der Waals surface area (Å²) in [6.45, 7) is 1.89. The van der Waals surface area contributed by atoms with E-state index in [9.17, 15) is 18.0 Å². The van der Waals surface area contributed by atoms with Crippen molar-refractivity contribution in [1.82, 2.24) is 0 Å². The highest BCUT2D eigenvalue weighted by Gasteiger charge is 2.30. The molecule has 4 N–H and O–H groups in total. The average Bonchev–Trinajstić information content (AvgIpc) is 2.39. The highest BCUT2D eigenvalue weighted by atomic mass is 32.2. The number of carbonyl (C=O) groups excluding carboxylic acids is 1. The minimum Gasteiger partial charge on any atom is -0.397 e. The van der Waals surface area contributed by atoms with Gasteiger partial charge in [0.1, 0.15) is 0 Å². The summed E-state index contributed by atoms with van der Waals surface area (Å²) in [5.41, 5.74) is 4.68. The van der Waals surface area contributed by atoms with Crippen LogP contribution in [0.15, 0.2) is 18.2 Å². The van der Waals surface area contributed by atoms with Crippen LogP contribution in [0.3, 0.4) is 0 Å². The van der Waals surface area contributed by atoms with Crippen LogP contribution in [-0.4, -0.2) is 29.1 Å². The van der Waals surface area contributed by atoms with Crippen molar-refractivity contribution >= 4 is 29.0 Å². The van der Waals surface area contributed by atoms with Gasteiger partial charge in [0, 0.05) is 6.61 Å². The first-order chi connectivity index (χ1) is 9.74. The molecule has 118 valence electrons. The molecule has 1 atom stereocenters. The SMILES string of the molecule is CC(CO)CSCC(=O)Nc1ccc(C(F)(F)F)cc1N. The Morgan fingerprint density at radius 1 is 1.48 bits per heavy atom. The number of alkyl halides is 3. The molecule has 0 aromatic heterocycles. The Kier molecular flexibility index (Phi) is 6.35. The second-order valence-electron chi connectivity index (χ2n) is 4.65. The number of aliphatic hydroxyl groups excluding tert-OH is 1. The van der Waals surface area contributed by atoms with Gasteiger partial charge < -0.3 is 16.2 Å². The Labute approximate surface area is 124 Å². The number of hydrogen-bond acceptors (Lipinski definition) is 4. The van der Waals surface area contributed by atoms with Crippen LogP contribution in [0.4, 0.5) is 24.5 Å². The lowest BCUT2D eigenvalue weighted by Crippen LogP contribution is -2.17. The maximum absolute atomic E-state index is 12.5. The van der Waals surface area contributed by atoms with Crippen molar-refractivity contribution in [3.8, 4) is 0 Å². The Balaban J connectivity index is 2.57. The van der Waals surface area contributed by atoms with E-state index in [1.165, 1.54) is 11.8 Å². The number of amides is 1. The third kappa shape index (κ3) is 5.84. The number of thioether (sulfide) groups is 1. The second-order valence-corrected chi connectivity index (χ2v) is 5.68. The topological polar surface area (TPSA) is 75.3 Å². The maximum atomic E-state index is 12.5. The first kappa shape index (κ1) is 17.6. The van der Waals surface area contributed by atoms with E-state index < -0.39 is 11.7 Å². The summed E-state index contributed by atoms with van der Waals surface area (Å²) in [6, 6.07) is 2.79. The first-order valence-electron chi connectivity index (χ1n) is 6.19. The Morgan fingerprint density at radius 2 is 2.14 bits per heavy atom. The fourth-order valence-corrected chi connectivity index (χ4v) is 2.33. The van der Waals surface area contributed by atoms with Gasteiger partial charge in [0.15, 0.2) is 0 Å². The van der Waals surface area contributed by atoms with Gasteiger partial charge in [-0.15, -0.1) is 0 Å². The zero-order valence-electron chi connectivity index (χ0n) is 11.4. The second kappa shape index (κ2) is 7.56. The molecule has 0 aliphatic carbocycles. The van der Waals surface area contributed by atoms with E-state index in [-0.39, 0.29) is 35.6 Å². The van der Waals surface area contributed by atoms with Crippen LogP contribution >= 0.6 is 11.8 Å². The highest BCUT2D eigenvalue weighted by Crippen LogP contribution is 2.32. The molecule has 0 saturated carbocycles. The van der Waals surface area contributed by atoms with Crippen molar-refractivity contribution in [2.45, 2.75) is 13.1 Å². The largest absolute Gasteiger partial charge is 0.416 e. The smallest absolute Gasteiger partial charge is 0.397 e. The number of carbonyl (C=O) groups is 1. The van der Waals surface area contributed by atoms with Crippen molar-refractivity contribution in [2.24, 2.45) is 5.92 Å². The van der Waals surface area contributed by atoms with Crippen LogP contribution in [0.25, 0.3) is 0 Å². The average molecular weight is 322 g/mol. The Morgan fingerprint density at radius 3 is 2.67 bits per heavy atom. The fourth-order valence-electron chi connectivity index (χ4n) is 1.44. The van der Waals surface area contributed by atoms with Gasteiger partial charge in [-0.2, -0.15) is 24.9 Å². The number of halogens is 3. The van der Waals surface area contributed by atoms with Crippen molar-refractivity contribution in [1.29, 1.82) is 0 Å². The first-order valence-corrected chi connectivity index (χ1v) is 7.34. The number of hydrogen-bond donors (Lipinski definition) is 3. The molecule has 0 aliphatic rings. The molecule has 0 fully saturated rings.